The number of ether oxygens (including phenoxy) is 2. The number of likely N-dealkylation sites (tertiary alicyclic amines) is 1. The van der Waals surface area contributed by atoms with Crippen molar-refractivity contribution < 1.29 is 19.1 Å². The summed E-state index contributed by atoms with van der Waals surface area (Å²) in [4.78, 5) is 30.2. The van der Waals surface area contributed by atoms with Gasteiger partial charge in [0, 0.05) is 25.1 Å². The maximum absolute atomic E-state index is 12.7. The van der Waals surface area contributed by atoms with Crippen molar-refractivity contribution in [3.8, 4) is 11.5 Å². The number of fused-ring (bicyclic) bond motifs is 1. The van der Waals surface area contributed by atoms with Crippen LogP contribution < -0.4 is 15.2 Å². The molecule has 0 saturated carbocycles. The molecule has 8 heteroatoms. The molecule has 0 radical (unpaired) electrons. The van der Waals surface area contributed by atoms with E-state index in [4.69, 9.17) is 20.2 Å². The summed E-state index contributed by atoms with van der Waals surface area (Å²) in [5.41, 5.74) is 6.96. The number of benzene rings is 2. The van der Waals surface area contributed by atoms with Gasteiger partial charge in [-0.2, -0.15) is 0 Å². The number of primary amides is 1. The first kappa shape index (κ1) is 21.8. The molecule has 0 atom stereocenters. The summed E-state index contributed by atoms with van der Waals surface area (Å²) in [6.07, 6.45) is 5.16. The smallest absolute Gasteiger partial charge is 0.255 e. The van der Waals surface area contributed by atoms with Gasteiger partial charge < -0.3 is 20.1 Å². The number of nitrogens with two attached hydrogens (primary N) is 1. The minimum Gasteiger partial charge on any atom is -0.493 e. The summed E-state index contributed by atoms with van der Waals surface area (Å²) in [6.45, 7) is 1.21. The average molecular weight is 452 g/mol. The first-order chi connectivity index (χ1) is 15.5. The van der Waals surface area contributed by atoms with E-state index in [0.717, 1.165) is 23.9 Å². The highest BCUT2D eigenvalue weighted by Gasteiger charge is 2.25. The Morgan fingerprint density at radius 3 is 2.69 bits per heavy atom. The molecule has 2 amide bonds. The normalized spacial score (nSPS) is 14.7. The highest BCUT2D eigenvalue weighted by molar-refractivity contribution is 7.18. The summed E-state index contributed by atoms with van der Waals surface area (Å²) >= 11 is 1.75. The number of carbonyl (C=O) groups excluding carboxylic acids is 2. The van der Waals surface area contributed by atoms with Gasteiger partial charge in [-0.3, -0.25) is 9.59 Å². The summed E-state index contributed by atoms with van der Waals surface area (Å²) in [7, 11) is 1.51. The van der Waals surface area contributed by atoms with Crippen LogP contribution in [0.4, 0.5) is 0 Å². The third-order valence-electron chi connectivity index (χ3n) is 5.44. The van der Waals surface area contributed by atoms with Crippen LogP contribution >= 0.6 is 11.3 Å². The molecule has 0 bridgehead atoms. The molecule has 2 N–H and O–H groups in total. The Kier molecular flexibility index (Phi) is 6.70. The Labute approximate surface area is 190 Å². The quantitative estimate of drug-likeness (QED) is 0.554. The molecule has 1 aliphatic rings. The largest absolute Gasteiger partial charge is 0.493 e. The van der Waals surface area contributed by atoms with Crippen LogP contribution in [0.2, 0.25) is 0 Å². The lowest BCUT2D eigenvalue weighted by Crippen LogP contribution is -2.36. The monoisotopic (exact) mass is 451 g/mol. The maximum Gasteiger partial charge on any atom is 0.255 e. The second-order valence-electron chi connectivity index (χ2n) is 7.62. The number of methoxy groups -OCH3 is 1. The molecule has 4 rings (SSSR count). The van der Waals surface area contributed by atoms with E-state index in [9.17, 15) is 9.59 Å². The molecule has 1 aliphatic heterocycles. The van der Waals surface area contributed by atoms with E-state index in [-0.39, 0.29) is 12.5 Å². The van der Waals surface area contributed by atoms with E-state index in [1.54, 1.807) is 41.7 Å². The van der Waals surface area contributed by atoms with Crippen molar-refractivity contribution in [3.05, 3.63) is 59.1 Å². The van der Waals surface area contributed by atoms with Gasteiger partial charge >= 0.3 is 0 Å². The molecule has 1 aromatic heterocycles. The number of aromatic nitrogens is 1. The van der Waals surface area contributed by atoms with Crippen molar-refractivity contribution >= 4 is 39.4 Å². The fourth-order valence-electron chi connectivity index (χ4n) is 3.74. The average Bonchev–Trinajstić information content (AvgIpc) is 3.26. The lowest BCUT2D eigenvalue weighted by Gasteiger charge is -2.30. The van der Waals surface area contributed by atoms with E-state index in [2.05, 4.69) is 6.07 Å². The Morgan fingerprint density at radius 1 is 1.19 bits per heavy atom. The van der Waals surface area contributed by atoms with Crippen LogP contribution in [0.3, 0.4) is 0 Å². The number of hydrogen-bond acceptors (Lipinski definition) is 6. The van der Waals surface area contributed by atoms with E-state index < -0.39 is 5.91 Å². The Bertz CT molecular complexity index is 1120. The summed E-state index contributed by atoms with van der Waals surface area (Å²) in [5.74, 6) is 0.719. The number of piperidine rings is 1. The van der Waals surface area contributed by atoms with E-state index in [1.165, 1.54) is 16.8 Å². The molecule has 32 heavy (non-hydrogen) atoms. The number of carbonyl (C=O) groups is 2. The van der Waals surface area contributed by atoms with Crippen LogP contribution in [-0.4, -0.2) is 48.5 Å². The SMILES string of the molecule is COc1cc(/C=C/C(=O)N2CCC(c3nc4ccccc4s3)CC2)ccc1OCC(N)=O. The van der Waals surface area contributed by atoms with E-state index in [0.29, 0.717) is 30.5 Å². The molecule has 0 unspecified atom stereocenters. The van der Waals surface area contributed by atoms with Crippen molar-refractivity contribution in [2.24, 2.45) is 5.73 Å². The Morgan fingerprint density at radius 2 is 1.97 bits per heavy atom. The molecule has 0 aliphatic carbocycles. The lowest BCUT2D eigenvalue weighted by atomic mass is 9.97. The van der Waals surface area contributed by atoms with Gasteiger partial charge in [-0.05, 0) is 48.7 Å². The first-order valence-corrected chi connectivity index (χ1v) is 11.3. The van der Waals surface area contributed by atoms with Crippen molar-refractivity contribution in [1.29, 1.82) is 0 Å². The molecule has 1 saturated heterocycles. The summed E-state index contributed by atoms with van der Waals surface area (Å²) < 4.78 is 11.8. The van der Waals surface area contributed by atoms with Crippen molar-refractivity contribution in [3.63, 3.8) is 0 Å². The van der Waals surface area contributed by atoms with Gasteiger partial charge in [-0.1, -0.05) is 18.2 Å². The van der Waals surface area contributed by atoms with Crippen LogP contribution in [0.1, 0.15) is 29.3 Å². The number of amides is 2. The Hall–Kier alpha value is -3.39. The van der Waals surface area contributed by atoms with Gasteiger partial charge in [0.05, 0.1) is 22.3 Å². The third-order valence-corrected chi connectivity index (χ3v) is 6.64. The number of rotatable bonds is 7. The highest BCUT2D eigenvalue weighted by atomic mass is 32.1. The summed E-state index contributed by atoms with van der Waals surface area (Å²) in [5, 5.41) is 1.17. The fraction of sp³-hybridized carbons (Fsp3) is 0.292. The summed E-state index contributed by atoms with van der Waals surface area (Å²) in [6, 6.07) is 13.4. The van der Waals surface area contributed by atoms with Gasteiger partial charge in [0.1, 0.15) is 0 Å². The zero-order valence-electron chi connectivity index (χ0n) is 17.8. The number of nitrogens with zero attached hydrogens (tertiary/aromatic N) is 2. The van der Waals surface area contributed by atoms with Gasteiger partial charge in [0.25, 0.3) is 5.91 Å². The number of hydrogen-bond donors (Lipinski definition) is 1. The first-order valence-electron chi connectivity index (χ1n) is 10.4. The van der Waals surface area contributed by atoms with Crippen molar-refractivity contribution in [1.82, 2.24) is 9.88 Å². The van der Waals surface area contributed by atoms with E-state index in [1.807, 2.05) is 23.1 Å². The molecule has 1 fully saturated rings. The molecule has 166 valence electrons. The molecule has 0 spiro atoms. The van der Waals surface area contributed by atoms with Crippen molar-refractivity contribution in [2.45, 2.75) is 18.8 Å². The molecule has 3 aromatic rings. The molecular formula is C24H25N3O4S. The second-order valence-corrected chi connectivity index (χ2v) is 8.68. The van der Waals surface area contributed by atoms with Gasteiger partial charge in [-0.25, -0.2) is 4.98 Å². The highest BCUT2D eigenvalue weighted by Crippen LogP contribution is 2.34. The zero-order valence-corrected chi connectivity index (χ0v) is 18.6. The van der Waals surface area contributed by atoms with Crippen LogP contribution in [0.5, 0.6) is 11.5 Å². The maximum atomic E-state index is 12.7. The molecule has 2 heterocycles. The van der Waals surface area contributed by atoms with Gasteiger partial charge in [0.2, 0.25) is 5.91 Å². The van der Waals surface area contributed by atoms with Gasteiger partial charge in [0.15, 0.2) is 18.1 Å². The minimum atomic E-state index is -0.562. The lowest BCUT2D eigenvalue weighted by molar-refractivity contribution is -0.127. The standard InChI is InChI=1S/C24H25N3O4S/c1-30-20-14-16(6-8-19(20)31-15-22(25)28)7-9-23(29)27-12-10-17(11-13-27)24-26-18-4-2-3-5-21(18)32-24/h2-9,14,17H,10-13,15H2,1H3,(H2,25,28)/b9-7+. The second kappa shape index (κ2) is 9.82. The van der Waals surface area contributed by atoms with Crippen molar-refractivity contribution in [2.75, 3.05) is 26.8 Å². The molecule has 7 nitrogen and oxygen atoms in total. The number of para-hydroxylation sites is 1. The van der Waals surface area contributed by atoms with Crippen LogP contribution in [-0.2, 0) is 9.59 Å². The van der Waals surface area contributed by atoms with E-state index >= 15 is 0 Å². The molecule has 2 aromatic carbocycles. The predicted octanol–water partition coefficient (Wildman–Crippen LogP) is 3.59. The van der Waals surface area contributed by atoms with Crippen LogP contribution in [0, 0.1) is 0 Å². The zero-order chi connectivity index (χ0) is 22.5. The topological polar surface area (TPSA) is 94.8 Å². The van der Waals surface area contributed by atoms with Gasteiger partial charge in [-0.15, -0.1) is 11.3 Å². The molecular weight excluding hydrogens is 426 g/mol. The van der Waals surface area contributed by atoms with Crippen LogP contribution in [0.15, 0.2) is 48.5 Å². The minimum absolute atomic E-state index is 0.0132. The fourth-order valence-corrected chi connectivity index (χ4v) is 4.88. The third kappa shape index (κ3) is 5.08. The predicted molar refractivity (Wildman–Crippen MR) is 125 cm³/mol. The number of thiazole rings is 1. The Balaban J connectivity index is 1.34. The van der Waals surface area contributed by atoms with Crippen LogP contribution in [0.25, 0.3) is 16.3 Å².